The first-order valence-corrected chi connectivity index (χ1v) is 7.45. The molecule has 7 heteroatoms. The summed E-state index contributed by atoms with van der Waals surface area (Å²) in [7, 11) is 0. The van der Waals surface area contributed by atoms with Gasteiger partial charge in [0, 0.05) is 18.7 Å². The first-order chi connectivity index (χ1) is 9.68. The van der Waals surface area contributed by atoms with E-state index in [-0.39, 0.29) is 17.1 Å². The van der Waals surface area contributed by atoms with Crippen molar-refractivity contribution in [1.29, 1.82) is 0 Å². The summed E-state index contributed by atoms with van der Waals surface area (Å²) < 4.78 is 38.6. The second kappa shape index (κ2) is 7.29. The molecule has 0 radical (unpaired) electrons. The van der Waals surface area contributed by atoms with Crippen LogP contribution in [0.15, 0.2) is 6.07 Å². The maximum Gasteiger partial charge on any atom is 0.433 e. The average Bonchev–Trinajstić information content (AvgIpc) is 2.36. The monoisotopic (exact) mass is 323 g/mol. The van der Waals surface area contributed by atoms with E-state index in [1.807, 2.05) is 32.6 Å². The molecule has 0 aliphatic heterocycles. The quantitative estimate of drug-likeness (QED) is 0.704. The molecule has 0 atom stereocenters. The van der Waals surface area contributed by atoms with Gasteiger partial charge < -0.3 is 4.90 Å². The van der Waals surface area contributed by atoms with Gasteiger partial charge >= 0.3 is 6.18 Å². The number of hydrogen-bond acceptors (Lipinski definition) is 3. The van der Waals surface area contributed by atoms with Crippen molar-refractivity contribution < 1.29 is 13.2 Å². The smallest absolute Gasteiger partial charge is 0.353 e. The molecule has 0 aromatic carbocycles. The fraction of sp³-hybridized carbons (Fsp3) is 0.714. The Morgan fingerprint density at radius 1 is 1.19 bits per heavy atom. The molecule has 0 saturated heterocycles. The SMILES string of the molecule is CCC(CC)N(CC(C)C)c1cc(C(F)(F)F)nc(Cl)n1. The molecule has 0 bridgehead atoms. The molecule has 3 nitrogen and oxygen atoms in total. The zero-order valence-electron chi connectivity index (χ0n) is 12.7. The lowest BCUT2D eigenvalue weighted by Gasteiger charge is -2.33. The first kappa shape index (κ1) is 18.0. The van der Waals surface area contributed by atoms with E-state index in [2.05, 4.69) is 9.97 Å². The number of nitrogens with zero attached hydrogens (tertiary/aromatic N) is 3. The minimum atomic E-state index is -4.53. The molecular weight excluding hydrogens is 303 g/mol. The van der Waals surface area contributed by atoms with E-state index in [0.717, 1.165) is 18.9 Å². The molecule has 0 fully saturated rings. The lowest BCUT2D eigenvalue weighted by molar-refractivity contribution is -0.141. The Morgan fingerprint density at radius 3 is 2.19 bits per heavy atom. The van der Waals surface area contributed by atoms with Gasteiger partial charge in [0.05, 0.1) is 0 Å². The molecule has 1 heterocycles. The van der Waals surface area contributed by atoms with Crippen molar-refractivity contribution in [2.45, 2.75) is 52.8 Å². The molecule has 0 saturated carbocycles. The standard InChI is InChI=1S/C14H21ClF3N3/c1-5-10(6-2)21(8-9(3)4)12-7-11(14(16,17)18)19-13(15)20-12/h7,9-10H,5-6,8H2,1-4H3. The Morgan fingerprint density at radius 2 is 1.76 bits per heavy atom. The van der Waals surface area contributed by atoms with E-state index in [1.165, 1.54) is 0 Å². The maximum atomic E-state index is 12.9. The summed E-state index contributed by atoms with van der Waals surface area (Å²) in [5.41, 5.74) is -1.00. The van der Waals surface area contributed by atoms with Crippen LogP contribution < -0.4 is 4.90 Å². The molecule has 120 valence electrons. The van der Waals surface area contributed by atoms with Crippen LogP contribution in [-0.4, -0.2) is 22.6 Å². The largest absolute Gasteiger partial charge is 0.433 e. The van der Waals surface area contributed by atoms with Crippen molar-refractivity contribution in [2.75, 3.05) is 11.4 Å². The molecule has 0 amide bonds. The fourth-order valence-corrected chi connectivity index (χ4v) is 2.43. The van der Waals surface area contributed by atoms with E-state index in [4.69, 9.17) is 11.6 Å². The molecule has 0 N–H and O–H groups in total. The molecular formula is C14H21ClF3N3. The predicted molar refractivity (Wildman–Crippen MR) is 78.6 cm³/mol. The van der Waals surface area contributed by atoms with Gasteiger partial charge in [-0.25, -0.2) is 9.97 Å². The Kier molecular flexibility index (Phi) is 6.25. The summed E-state index contributed by atoms with van der Waals surface area (Å²) in [6, 6.07) is 1.10. The van der Waals surface area contributed by atoms with Gasteiger partial charge in [-0.3, -0.25) is 0 Å². The lowest BCUT2D eigenvalue weighted by Crippen LogP contribution is -2.38. The van der Waals surface area contributed by atoms with Gasteiger partial charge in [0.25, 0.3) is 0 Å². The van der Waals surface area contributed by atoms with E-state index in [0.29, 0.717) is 12.5 Å². The molecule has 1 aromatic heterocycles. The van der Waals surface area contributed by atoms with E-state index < -0.39 is 11.9 Å². The van der Waals surface area contributed by atoms with Crippen LogP contribution in [0.1, 0.15) is 46.2 Å². The third kappa shape index (κ3) is 5.02. The third-order valence-corrected chi connectivity index (χ3v) is 3.38. The Hall–Kier alpha value is -1.04. The topological polar surface area (TPSA) is 29.0 Å². The molecule has 0 aliphatic carbocycles. The fourth-order valence-electron chi connectivity index (χ4n) is 2.25. The van der Waals surface area contributed by atoms with Crippen LogP contribution in [0.3, 0.4) is 0 Å². The Labute approximate surface area is 128 Å². The van der Waals surface area contributed by atoms with Gasteiger partial charge in [-0.1, -0.05) is 27.7 Å². The highest BCUT2D eigenvalue weighted by molar-refractivity contribution is 6.28. The van der Waals surface area contributed by atoms with Crippen molar-refractivity contribution in [3.05, 3.63) is 17.0 Å². The predicted octanol–water partition coefficient (Wildman–Crippen LogP) is 4.80. The van der Waals surface area contributed by atoms with Crippen molar-refractivity contribution in [2.24, 2.45) is 5.92 Å². The molecule has 1 rings (SSSR count). The highest BCUT2D eigenvalue weighted by Gasteiger charge is 2.34. The van der Waals surface area contributed by atoms with Gasteiger partial charge in [-0.2, -0.15) is 13.2 Å². The number of halogens is 4. The summed E-state index contributed by atoms with van der Waals surface area (Å²) >= 11 is 5.68. The molecule has 1 aromatic rings. The van der Waals surface area contributed by atoms with Gasteiger partial charge in [-0.15, -0.1) is 0 Å². The normalized spacial score (nSPS) is 12.3. The Balaban J connectivity index is 3.26. The number of alkyl halides is 3. The minimum absolute atomic E-state index is 0.124. The molecule has 0 unspecified atom stereocenters. The third-order valence-electron chi connectivity index (χ3n) is 3.22. The number of aromatic nitrogens is 2. The number of rotatable bonds is 6. The summed E-state index contributed by atoms with van der Waals surface area (Å²) in [6.07, 6.45) is -2.88. The maximum absolute atomic E-state index is 12.9. The summed E-state index contributed by atoms with van der Waals surface area (Å²) in [6.45, 7) is 8.67. The van der Waals surface area contributed by atoms with Crippen LogP contribution in [0, 0.1) is 5.92 Å². The molecule has 21 heavy (non-hydrogen) atoms. The van der Waals surface area contributed by atoms with E-state index in [1.54, 1.807) is 0 Å². The van der Waals surface area contributed by atoms with Gasteiger partial charge in [0.15, 0.2) is 5.69 Å². The van der Waals surface area contributed by atoms with Crippen LogP contribution in [-0.2, 0) is 6.18 Å². The first-order valence-electron chi connectivity index (χ1n) is 7.07. The van der Waals surface area contributed by atoms with E-state index in [9.17, 15) is 13.2 Å². The van der Waals surface area contributed by atoms with Gasteiger partial charge in [0.2, 0.25) is 5.28 Å². The van der Waals surface area contributed by atoms with Crippen LogP contribution in [0.2, 0.25) is 5.28 Å². The summed E-state index contributed by atoms with van der Waals surface area (Å²) in [5.74, 6) is 0.540. The molecule has 0 spiro atoms. The number of anilines is 1. The highest BCUT2D eigenvalue weighted by atomic mass is 35.5. The summed E-state index contributed by atoms with van der Waals surface area (Å²) in [5, 5.41) is -0.375. The highest BCUT2D eigenvalue weighted by Crippen LogP contribution is 2.31. The van der Waals surface area contributed by atoms with Crippen LogP contribution in [0.25, 0.3) is 0 Å². The van der Waals surface area contributed by atoms with Gasteiger partial charge in [0.1, 0.15) is 5.82 Å². The summed E-state index contributed by atoms with van der Waals surface area (Å²) in [4.78, 5) is 9.17. The molecule has 0 aliphatic rings. The van der Waals surface area contributed by atoms with Crippen LogP contribution in [0.4, 0.5) is 19.0 Å². The minimum Gasteiger partial charge on any atom is -0.353 e. The van der Waals surface area contributed by atoms with Gasteiger partial charge in [-0.05, 0) is 30.4 Å². The van der Waals surface area contributed by atoms with Crippen LogP contribution >= 0.6 is 11.6 Å². The van der Waals surface area contributed by atoms with Crippen molar-refractivity contribution in [1.82, 2.24) is 9.97 Å². The van der Waals surface area contributed by atoms with E-state index >= 15 is 0 Å². The second-order valence-electron chi connectivity index (χ2n) is 5.39. The van der Waals surface area contributed by atoms with Crippen molar-refractivity contribution in [3.63, 3.8) is 0 Å². The zero-order chi connectivity index (χ0) is 16.2. The zero-order valence-corrected chi connectivity index (χ0v) is 13.5. The lowest BCUT2D eigenvalue weighted by atomic mass is 10.1. The average molecular weight is 324 g/mol. The van der Waals surface area contributed by atoms with Crippen molar-refractivity contribution >= 4 is 17.4 Å². The Bertz CT molecular complexity index is 459. The van der Waals surface area contributed by atoms with Crippen molar-refractivity contribution in [3.8, 4) is 0 Å². The number of hydrogen-bond donors (Lipinski definition) is 0. The van der Waals surface area contributed by atoms with Crippen LogP contribution in [0.5, 0.6) is 0 Å². The second-order valence-corrected chi connectivity index (χ2v) is 5.73.